The third-order valence-electron chi connectivity index (χ3n) is 10.8. The molecule has 0 amide bonds. The third-order valence-corrected chi connectivity index (χ3v) is 16.5. The molecular formula is C51H64N3O8PS2. The van der Waals surface area contributed by atoms with E-state index in [1.807, 2.05) is 77.5 Å². The zero-order valence-corrected chi connectivity index (χ0v) is 41.8. The molecule has 65 heavy (non-hydrogen) atoms. The molecule has 0 bridgehead atoms. The summed E-state index contributed by atoms with van der Waals surface area (Å²) < 4.78 is 43.4. The minimum absolute atomic E-state index is 0.0707. The van der Waals surface area contributed by atoms with Crippen LogP contribution in [0.5, 0.6) is 11.5 Å². The average molecular weight is 942 g/mol. The molecule has 2 heterocycles. The maximum Gasteiger partial charge on any atom is 0.349 e. The van der Waals surface area contributed by atoms with Crippen LogP contribution in [0, 0.1) is 0 Å². The van der Waals surface area contributed by atoms with E-state index in [-0.39, 0.29) is 35.6 Å². The van der Waals surface area contributed by atoms with Crippen molar-refractivity contribution in [1.82, 2.24) is 14.2 Å². The van der Waals surface area contributed by atoms with Gasteiger partial charge in [-0.05, 0) is 99.7 Å². The van der Waals surface area contributed by atoms with E-state index in [4.69, 9.17) is 28.0 Å². The maximum atomic E-state index is 13.6. The monoisotopic (exact) mass is 941 g/mol. The summed E-state index contributed by atoms with van der Waals surface area (Å²) >= 11 is 0. The first kappa shape index (κ1) is 50.4. The molecule has 1 fully saturated rings. The Hall–Kier alpha value is -4.04. The number of aromatic nitrogens is 2. The third kappa shape index (κ3) is 13.1. The molecule has 0 saturated carbocycles. The van der Waals surface area contributed by atoms with E-state index in [1.165, 1.54) is 21.9 Å². The second-order valence-corrected chi connectivity index (χ2v) is 22.0. The van der Waals surface area contributed by atoms with Gasteiger partial charge in [-0.3, -0.25) is 9.36 Å². The molecule has 1 aromatic heterocycles. The predicted molar refractivity (Wildman–Crippen MR) is 263 cm³/mol. The van der Waals surface area contributed by atoms with Gasteiger partial charge in [-0.2, -0.15) is 4.98 Å². The van der Waals surface area contributed by atoms with E-state index in [0.29, 0.717) is 36.6 Å². The highest BCUT2D eigenvalue weighted by molar-refractivity contribution is 8.77. The van der Waals surface area contributed by atoms with Gasteiger partial charge in [-0.25, -0.2) is 9.46 Å². The smallest absolute Gasteiger partial charge is 0.349 e. The van der Waals surface area contributed by atoms with E-state index in [1.54, 1.807) is 37.3 Å². The number of nitrogens with zero attached hydrogens (tertiary/aromatic N) is 3. The van der Waals surface area contributed by atoms with E-state index in [9.17, 15) is 9.59 Å². The Balaban J connectivity index is 1.38. The fourth-order valence-corrected chi connectivity index (χ4v) is 11.9. The lowest BCUT2D eigenvalue weighted by atomic mass is 9.80. The highest BCUT2D eigenvalue weighted by Gasteiger charge is 2.45. The van der Waals surface area contributed by atoms with Crippen molar-refractivity contribution in [2.45, 2.75) is 120 Å². The molecule has 348 valence electrons. The van der Waals surface area contributed by atoms with Crippen molar-refractivity contribution < 1.29 is 32.8 Å². The maximum absolute atomic E-state index is 13.6. The molecule has 0 spiro atoms. The minimum Gasteiger partial charge on any atom is -0.497 e. The zero-order valence-electron chi connectivity index (χ0n) is 39.3. The Morgan fingerprint density at radius 1 is 0.846 bits per heavy atom. The molecule has 6 rings (SSSR count). The van der Waals surface area contributed by atoms with Crippen molar-refractivity contribution in [3.63, 3.8) is 0 Å². The van der Waals surface area contributed by atoms with Gasteiger partial charge in [0.15, 0.2) is 0 Å². The topological polar surface area (TPSA) is 111 Å². The zero-order chi connectivity index (χ0) is 46.7. The van der Waals surface area contributed by atoms with Gasteiger partial charge in [-0.1, -0.05) is 115 Å². The Bertz CT molecular complexity index is 2290. The van der Waals surface area contributed by atoms with Crippen LogP contribution in [0.15, 0.2) is 125 Å². The molecule has 4 unspecified atom stereocenters. The number of Topliss-reactive ketones (excluding diaryl/α,β-unsaturated/α-hetero) is 1. The van der Waals surface area contributed by atoms with Gasteiger partial charge in [0.1, 0.15) is 35.2 Å². The number of rotatable bonds is 22. The van der Waals surface area contributed by atoms with E-state index in [2.05, 4.69) is 94.5 Å². The molecular weight excluding hydrogens is 878 g/mol. The second-order valence-electron chi connectivity index (χ2n) is 17.6. The number of hydrogen-bond donors (Lipinski definition) is 0. The van der Waals surface area contributed by atoms with Gasteiger partial charge in [0, 0.05) is 40.8 Å². The van der Waals surface area contributed by atoms with Gasteiger partial charge in [0.2, 0.25) is 0 Å². The summed E-state index contributed by atoms with van der Waals surface area (Å²) in [5, 5.41) is 0. The van der Waals surface area contributed by atoms with Gasteiger partial charge < -0.3 is 28.0 Å². The number of methoxy groups -OCH3 is 2. The first-order valence-electron chi connectivity index (χ1n) is 22.1. The van der Waals surface area contributed by atoms with Crippen LogP contribution in [0.1, 0.15) is 96.0 Å². The van der Waals surface area contributed by atoms with Crippen LogP contribution in [-0.2, 0) is 41.8 Å². The summed E-state index contributed by atoms with van der Waals surface area (Å²) in [5.41, 5.74) is 2.65. The van der Waals surface area contributed by atoms with Crippen LogP contribution in [0.3, 0.4) is 0 Å². The van der Waals surface area contributed by atoms with Crippen LogP contribution in [-0.4, -0.2) is 76.5 Å². The van der Waals surface area contributed by atoms with Crippen LogP contribution in [0.2, 0.25) is 0 Å². The lowest BCUT2D eigenvalue weighted by Gasteiger charge is -2.39. The van der Waals surface area contributed by atoms with Crippen molar-refractivity contribution in [1.29, 1.82) is 0 Å². The van der Waals surface area contributed by atoms with Gasteiger partial charge in [0.05, 0.1) is 39.2 Å². The number of carbonyl (C=O) groups is 1. The summed E-state index contributed by atoms with van der Waals surface area (Å²) in [5.74, 6) is 1.36. The van der Waals surface area contributed by atoms with Crippen molar-refractivity contribution in [2.24, 2.45) is 0 Å². The van der Waals surface area contributed by atoms with E-state index >= 15 is 0 Å². The highest BCUT2D eigenvalue weighted by atomic mass is 33.1. The molecule has 14 heteroatoms. The van der Waals surface area contributed by atoms with Crippen molar-refractivity contribution in [3.05, 3.63) is 154 Å². The van der Waals surface area contributed by atoms with Crippen molar-refractivity contribution in [2.75, 3.05) is 27.4 Å². The van der Waals surface area contributed by atoms with E-state index < -0.39 is 38.3 Å². The lowest BCUT2D eigenvalue weighted by Crippen LogP contribution is -2.39. The van der Waals surface area contributed by atoms with Crippen molar-refractivity contribution in [3.8, 4) is 11.5 Å². The molecule has 5 aromatic rings. The quantitative estimate of drug-likeness (QED) is 0.0374. The number of benzene rings is 4. The average Bonchev–Trinajstić information content (AvgIpc) is 3.68. The van der Waals surface area contributed by atoms with Gasteiger partial charge >= 0.3 is 5.69 Å². The molecule has 0 aliphatic carbocycles. The molecule has 11 nitrogen and oxygen atoms in total. The summed E-state index contributed by atoms with van der Waals surface area (Å²) in [6, 6.07) is 36.3. The molecule has 4 atom stereocenters. The van der Waals surface area contributed by atoms with Crippen LogP contribution >= 0.6 is 30.1 Å². The fourth-order valence-electron chi connectivity index (χ4n) is 7.87. The highest BCUT2D eigenvalue weighted by Crippen LogP contribution is 2.51. The first-order valence-corrected chi connectivity index (χ1v) is 25.4. The summed E-state index contributed by atoms with van der Waals surface area (Å²) in [6.07, 6.45) is 0.783. The summed E-state index contributed by atoms with van der Waals surface area (Å²) in [6.45, 7) is 17.3. The standard InChI is InChI=1S/C51H64N3O8PS2/c1-35(2)54(36(3)4)63(60-31-29-38-16-14-15-19-47(38)64-65-50(6,7)8)62-45-33-48(53-30-28-42(32-37(5)55)52-49(53)56)61-46(45)34-59-51(39-17-12-11-13-18-39,40-20-24-43(57-9)25-21-40)41-22-26-44(58-10)27-23-41/h11-28,30,35-36,45-46,48H,29,31-34H2,1-10H3. The SMILES string of the molecule is COc1ccc(C(OCC2OC(n3ccc(CC(C)=O)nc3=O)CC2OP(OCCc2ccccc2SSC(C)(C)C)N(C(C)C)C(C)C)(c2ccccc2)c2ccc(OC)cc2)cc1. The Morgan fingerprint density at radius 3 is 1.98 bits per heavy atom. The number of carbonyl (C=O) groups excluding carboxylic acids is 1. The van der Waals surface area contributed by atoms with Crippen LogP contribution in [0.25, 0.3) is 0 Å². The minimum atomic E-state index is -1.65. The largest absolute Gasteiger partial charge is 0.497 e. The number of ether oxygens (including phenoxy) is 4. The van der Waals surface area contributed by atoms with E-state index in [0.717, 1.165) is 16.7 Å². The fraction of sp³-hybridized carbons (Fsp3) is 0.431. The lowest BCUT2D eigenvalue weighted by molar-refractivity contribution is -0.116. The molecule has 0 N–H and O–H groups in total. The molecule has 1 saturated heterocycles. The molecule has 1 aliphatic heterocycles. The predicted octanol–water partition coefficient (Wildman–Crippen LogP) is 11.2. The Labute approximate surface area is 394 Å². The Morgan fingerprint density at radius 2 is 1.43 bits per heavy atom. The summed E-state index contributed by atoms with van der Waals surface area (Å²) in [7, 11) is 5.29. The van der Waals surface area contributed by atoms with Crippen molar-refractivity contribution >= 4 is 35.9 Å². The molecule has 1 aliphatic rings. The molecule has 4 aromatic carbocycles. The van der Waals surface area contributed by atoms with Crippen LogP contribution < -0.4 is 15.2 Å². The molecule has 0 radical (unpaired) electrons. The summed E-state index contributed by atoms with van der Waals surface area (Å²) in [4.78, 5) is 31.1. The van der Waals surface area contributed by atoms with Gasteiger partial charge in [-0.15, -0.1) is 0 Å². The van der Waals surface area contributed by atoms with Crippen LogP contribution in [0.4, 0.5) is 0 Å². The normalized spacial score (nSPS) is 17.2. The number of ketones is 1. The first-order chi connectivity index (χ1) is 31.1. The second kappa shape index (κ2) is 23.1. The Kier molecular flexibility index (Phi) is 17.9. The van der Waals surface area contributed by atoms with Gasteiger partial charge in [0.25, 0.3) is 8.53 Å². The number of hydrogen-bond acceptors (Lipinski definition) is 12.